The molecule has 20 heavy (non-hydrogen) atoms. The van der Waals surface area contributed by atoms with E-state index in [1.807, 2.05) is 24.6 Å². The fourth-order valence-corrected chi connectivity index (χ4v) is 1.93. The number of aromatic nitrogens is 2. The van der Waals surface area contributed by atoms with Crippen LogP contribution in [0.25, 0.3) is 0 Å². The Morgan fingerprint density at radius 2 is 2.10 bits per heavy atom. The molecule has 6 heteroatoms. The highest BCUT2D eigenvalue weighted by Crippen LogP contribution is 2.06. The highest BCUT2D eigenvalue weighted by atomic mass is 16.4. The molecule has 6 nitrogen and oxygen atoms in total. The number of carboxylic acids is 1. The van der Waals surface area contributed by atoms with Gasteiger partial charge in [0, 0.05) is 38.4 Å². The molecular weight excluding hydrogens is 258 g/mol. The van der Waals surface area contributed by atoms with Gasteiger partial charge in [-0.15, -0.1) is 0 Å². The highest BCUT2D eigenvalue weighted by molar-refractivity contribution is 5.77. The summed E-state index contributed by atoms with van der Waals surface area (Å²) in [4.78, 5) is 28.3. The number of hydrogen-bond donors (Lipinski definition) is 1. The minimum Gasteiger partial charge on any atom is -0.481 e. The third-order valence-electron chi connectivity index (χ3n) is 2.93. The lowest BCUT2D eigenvalue weighted by molar-refractivity contribution is -0.138. The van der Waals surface area contributed by atoms with Crippen molar-refractivity contribution in [3.63, 3.8) is 0 Å². The number of imidazole rings is 1. The number of carbonyl (C=O) groups excluding carboxylic acids is 1. The number of nitrogens with zero attached hydrogens (tertiary/aromatic N) is 3. The Balaban J connectivity index is 2.43. The van der Waals surface area contributed by atoms with Gasteiger partial charge >= 0.3 is 5.97 Å². The molecule has 0 aliphatic carbocycles. The van der Waals surface area contributed by atoms with Crippen molar-refractivity contribution in [1.82, 2.24) is 14.5 Å². The van der Waals surface area contributed by atoms with Crippen molar-refractivity contribution in [2.75, 3.05) is 13.1 Å². The van der Waals surface area contributed by atoms with Gasteiger partial charge in [0.05, 0.1) is 12.7 Å². The van der Waals surface area contributed by atoms with Crippen molar-refractivity contribution in [3.05, 3.63) is 18.7 Å². The third-order valence-corrected chi connectivity index (χ3v) is 2.93. The Morgan fingerprint density at radius 3 is 2.65 bits per heavy atom. The van der Waals surface area contributed by atoms with Gasteiger partial charge in [0.1, 0.15) is 0 Å². The van der Waals surface area contributed by atoms with E-state index in [-0.39, 0.29) is 24.8 Å². The number of rotatable bonds is 9. The predicted molar refractivity (Wildman–Crippen MR) is 75.1 cm³/mol. The molecule has 1 N–H and O–H groups in total. The fraction of sp³-hybridized carbons (Fsp3) is 0.643. The minimum absolute atomic E-state index is 0.00505. The van der Waals surface area contributed by atoms with Crippen LogP contribution in [0.15, 0.2) is 18.7 Å². The highest BCUT2D eigenvalue weighted by Gasteiger charge is 2.15. The number of hydrogen-bond acceptors (Lipinski definition) is 3. The first-order valence-corrected chi connectivity index (χ1v) is 6.94. The first-order chi connectivity index (χ1) is 9.49. The molecule has 0 spiro atoms. The predicted octanol–water partition coefficient (Wildman–Crippen LogP) is 1.62. The van der Waals surface area contributed by atoms with Crippen LogP contribution in [0.3, 0.4) is 0 Å². The lowest BCUT2D eigenvalue weighted by Gasteiger charge is -2.23. The molecule has 1 amide bonds. The third kappa shape index (κ3) is 6.36. The molecule has 112 valence electrons. The molecule has 1 aromatic heterocycles. The maximum atomic E-state index is 12.1. The molecule has 1 rings (SSSR count). The van der Waals surface area contributed by atoms with Gasteiger partial charge in [-0.05, 0) is 12.3 Å². The first-order valence-electron chi connectivity index (χ1n) is 6.94. The molecule has 1 aromatic rings. The zero-order chi connectivity index (χ0) is 15.0. The van der Waals surface area contributed by atoms with Crippen LogP contribution in [0.2, 0.25) is 0 Å². The molecule has 0 saturated carbocycles. The van der Waals surface area contributed by atoms with Gasteiger partial charge in [-0.2, -0.15) is 0 Å². The minimum atomic E-state index is -0.873. The monoisotopic (exact) mass is 281 g/mol. The summed E-state index contributed by atoms with van der Waals surface area (Å²) in [5.41, 5.74) is 0. The standard InChI is InChI=1S/C14H23N3O3/c1-12(2)10-13(18)17(8-4-14(19)20)7-3-6-16-9-5-15-11-16/h5,9,11-12H,3-4,6-8,10H2,1-2H3,(H,19,20). The van der Waals surface area contributed by atoms with Crippen molar-refractivity contribution < 1.29 is 14.7 Å². The van der Waals surface area contributed by atoms with Gasteiger partial charge in [-0.25, -0.2) is 4.98 Å². The van der Waals surface area contributed by atoms with E-state index < -0.39 is 5.97 Å². The van der Waals surface area contributed by atoms with E-state index in [0.717, 1.165) is 13.0 Å². The Bertz CT molecular complexity index is 415. The SMILES string of the molecule is CC(C)CC(=O)N(CCCn1ccnc1)CCC(=O)O. The van der Waals surface area contributed by atoms with Crippen molar-refractivity contribution in [3.8, 4) is 0 Å². The number of aliphatic carboxylic acids is 1. The molecule has 0 aliphatic heterocycles. The maximum absolute atomic E-state index is 12.1. The van der Waals surface area contributed by atoms with Crippen LogP contribution < -0.4 is 0 Å². The van der Waals surface area contributed by atoms with Crippen molar-refractivity contribution in [2.24, 2.45) is 5.92 Å². The topological polar surface area (TPSA) is 75.4 Å². The van der Waals surface area contributed by atoms with Crippen LogP contribution in [0.4, 0.5) is 0 Å². The summed E-state index contributed by atoms with van der Waals surface area (Å²) in [6.07, 6.45) is 6.57. The zero-order valence-electron chi connectivity index (χ0n) is 12.2. The lowest BCUT2D eigenvalue weighted by atomic mass is 10.1. The normalized spacial score (nSPS) is 10.8. The van der Waals surface area contributed by atoms with Crippen LogP contribution in [0, 0.1) is 5.92 Å². The van der Waals surface area contributed by atoms with Gasteiger partial charge < -0.3 is 14.6 Å². The molecule has 0 aromatic carbocycles. The summed E-state index contributed by atoms with van der Waals surface area (Å²) in [5, 5.41) is 8.75. The van der Waals surface area contributed by atoms with E-state index in [0.29, 0.717) is 13.0 Å². The summed E-state index contributed by atoms with van der Waals surface area (Å²) >= 11 is 0. The Hall–Kier alpha value is -1.85. The van der Waals surface area contributed by atoms with Crippen LogP contribution in [0.5, 0.6) is 0 Å². The van der Waals surface area contributed by atoms with Crippen molar-refractivity contribution in [1.29, 1.82) is 0 Å². The molecule has 0 aliphatic rings. The summed E-state index contributed by atoms with van der Waals surface area (Å²) in [6.45, 7) is 5.61. The molecule has 0 saturated heterocycles. The molecule has 0 radical (unpaired) electrons. The van der Waals surface area contributed by atoms with Crippen LogP contribution in [-0.4, -0.2) is 44.5 Å². The van der Waals surface area contributed by atoms with Gasteiger partial charge in [0.15, 0.2) is 0 Å². The van der Waals surface area contributed by atoms with Crippen molar-refractivity contribution >= 4 is 11.9 Å². The average Bonchev–Trinajstić information content (AvgIpc) is 2.85. The molecule has 1 heterocycles. The quantitative estimate of drug-likeness (QED) is 0.746. The van der Waals surface area contributed by atoms with E-state index in [9.17, 15) is 9.59 Å². The van der Waals surface area contributed by atoms with Crippen molar-refractivity contribution in [2.45, 2.75) is 39.7 Å². The second-order valence-corrected chi connectivity index (χ2v) is 5.28. The van der Waals surface area contributed by atoms with E-state index in [1.165, 1.54) is 0 Å². The van der Waals surface area contributed by atoms with Gasteiger partial charge in [-0.1, -0.05) is 13.8 Å². The number of aryl methyl sites for hydroxylation is 1. The molecule has 0 bridgehead atoms. The molecule has 0 fully saturated rings. The smallest absolute Gasteiger partial charge is 0.305 e. The van der Waals surface area contributed by atoms with Crippen LogP contribution in [0.1, 0.15) is 33.1 Å². The second kappa shape index (κ2) is 8.35. The van der Waals surface area contributed by atoms with Gasteiger partial charge in [0.2, 0.25) is 5.91 Å². The van der Waals surface area contributed by atoms with Crippen LogP contribution >= 0.6 is 0 Å². The Labute approximate surface area is 119 Å². The van der Waals surface area contributed by atoms with Gasteiger partial charge in [0.25, 0.3) is 0 Å². The molecule has 0 unspecified atom stereocenters. The fourth-order valence-electron chi connectivity index (χ4n) is 1.93. The summed E-state index contributed by atoms with van der Waals surface area (Å²) in [5.74, 6) is -0.558. The lowest BCUT2D eigenvalue weighted by Crippen LogP contribution is -2.35. The van der Waals surface area contributed by atoms with E-state index in [1.54, 1.807) is 17.4 Å². The summed E-state index contributed by atoms with van der Waals surface area (Å²) in [7, 11) is 0. The number of carboxylic acid groups (broad SMARTS) is 1. The average molecular weight is 281 g/mol. The largest absolute Gasteiger partial charge is 0.481 e. The summed E-state index contributed by atoms with van der Waals surface area (Å²) in [6, 6.07) is 0. The first kappa shape index (κ1) is 16.2. The molecule has 0 atom stereocenters. The Kier molecular flexibility index (Phi) is 6.76. The number of carbonyl (C=O) groups is 2. The maximum Gasteiger partial charge on any atom is 0.305 e. The summed E-state index contributed by atoms with van der Waals surface area (Å²) < 4.78 is 1.95. The van der Waals surface area contributed by atoms with E-state index >= 15 is 0 Å². The molecular formula is C14H23N3O3. The second-order valence-electron chi connectivity index (χ2n) is 5.28. The Morgan fingerprint density at radius 1 is 1.35 bits per heavy atom. The van der Waals surface area contributed by atoms with Gasteiger partial charge in [-0.3, -0.25) is 9.59 Å². The zero-order valence-corrected chi connectivity index (χ0v) is 12.2. The van der Waals surface area contributed by atoms with Crippen LogP contribution in [-0.2, 0) is 16.1 Å². The van der Waals surface area contributed by atoms with E-state index in [4.69, 9.17) is 5.11 Å². The number of amides is 1. The van der Waals surface area contributed by atoms with E-state index in [2.05, 4.69) is 4.98 Å².